The molecule has 0 spiro atoms. The molecule has 0 radical (unpaired) electrons. The monoisotopic (exact) mass is 372 g/mol. The van der Waals surface area contributed by atoms with Crippen molar-refractivity contribution >= 4 is 26.0 Å². The van der Waals surface area contributed by atoms with Crippen molar-refractivity contribution in [1.82, 2.24) is 9.62 Å². The van der Waals surface area contributed by atoms with Crippen molar-refractivity contribution in [3.05, 3.63) is 52.9 Å². The Labute approximate surface area is 133 Å². The molecule has 1 heterocycles. The van der Waals surface area contributed by atoms with Gasteiger partial charge in [0.2, 0.25) is 10.0 Å². The summed E-state index contributed by atoms with van der Waals surface area (Å²) in [5.41, 5.74) is 0. The molecule has 5 nitrogen and oxygen atoms in total. The van der Waals surface area contributed by atoms with Crippen molar-refractivity contribution in [1.29, 1.82) is 0 Å². The highest BCUT2D eigenvalue weighted by atomic mass is 79.9. The Hall–Kier alpha value is -1.15. The summed E-state index contributed by atoms with van der Waals surface area (Å²) in [6.45, 7) is 0.235. The number of rotatable bonds is 6. The Morgan fingerprint density at radius 3 is 2.43 bits per heavy atom. The Bertz CT molecular complexity index is 667. The first-order valence-corrected chi connectivity index (χ1v) is 8.63. The number of furan rings is 1. The molecule has 1 atom stereocenters. The minimum absolute atomic E-state index is 0.162. The molecule has 2 aromatic rings. The molecule has 0 saturated heterocycles. The van der Waals surface area contributed by atoms with E-state index in [-0.39, 0.29) is 17.5 Å². The lowest BCUT2D eigenvalue weighted by molar-refractivity contribution is 0.259. The molecule has 7 heteroatoms. The molecular weight excluding hydrogens is 356 g/mol. The van der Waals surface area contributed by atoms with E-state index in [9.17, 15) is 8.42 Å². The third-order valence-corrected chi connectivity index (χ3v) is 5.05. The fourth-order valence-corrected chi connectivity index (χ4v) is 3.21. The molecule has 1 aromatic carbocycles. The maximum atomic E-state index is 12.3. The van der Waals surface area contributed by atoms with Crippen LogP contribution in [0.4, 0.5) is 0 Å². The first kappa shape index (κ1) is 16.2. The van der Waals surface area contributed by atoms with E-state index in [0.29, 0.717) is 0 Å². The number of hydrogen-bond acceptors (Lipinski definition) is 4. The Morgan fingerprint density at radius 2 is 1.90 bits per heavy atom. The second-order valence-electron chi connectivity index (χ2n) is 4.80. The van der Waals surface area contributed by atoms with Crippen LogP contribution in [0.2, 0.25) is 0 Å². The van der Waals surface area contributed by atoms with Gasteiger partial charge in [-0.1, -0.05) is 15.9 Å². The van der Waals surface area contributed by atoms with Gasteiger partial charge in [0.1, 0.15) is 5.76 Å². The summed E-state index contributed by atoms with van der Waals surface area (Å²) < 4.78 is 33.3. The molecule has 1 N–H and O–H groups in total. The summed E-state index contributed by atoms with van der Waals surface area (Å²) in [5, 5.41) is 0. The molecule has 21 heavy (non-hydrogen) atoms. The zero-order chi connectivity index (χ0) is 15.5. The van der Waals surface area contributed by atoms with E-state index in [1.165, 1.54) is 0 Å². The van der Waals surface area contributed by atoms with Crippen LogP contribution in [0.5, 0.6) is 0 Å². The Balaban J connectivity index is 2.11. The van der Waals surface area contributed by atoms with E-state index in [0.717, 1.165) is 10.2 Å². The van der Waals surface area contributed by atoms with Crippen LogP contribution in [0.25, 0.3) is 0 Å². The molecule has 0 saturated carbocycles. The maximum absolute atomic E-state index is 12.3. The fourth-order valence-electron chi connectivity index (χ4n) is 1.90. The quantitative estimate of drug-likeness (QED) is 0.846. The first-order chi connectivity index (χ1) is 9.90. The van der Waals surface area contributed by atoms with Gasteiger partial charge < -0.3 is 4.42 Å². The van der Waals surface area contributed by atoms with Gasteiger partial charge in [-0.05, 0) is 50.5 Å². The van der Waals surface area contributed by atoms with Crippen LogP contribution in [-0.2, 0) is 10.0 Å². The average Bonchev–Trinajstić information content (AvgIpc) is 2.93. The van der Waals surface area contributed by atoms with E-state index in [1.54, 1.807) is 36.6 Å². The third kappa shape index (κ3) is 4.16. The highest BCUT2D eigenvalue weighted by Crippen LogP contribution is 2.19. The first-order valence-electron chi connectivity index (χ1n) is 6.35. The number of hydrogen-bond donors (Lipinski definition) is 1. The number of nitrogens with one attached hydrogen (secondary N) is 1. The molecule has 114 valence electrons. The minimum Gasteiger partial charge on any atom is -0.468 e. The smallest absolute Gasteiger partial charge is 0.240 e. The highest BCUT2D eigenvalue weighted by Gasteiger charge is 2.21. The predicted molar refractivity (Wildman–Crippen MR) is 84.5 cm³/mol. The summed E-state index contributed by atoms with van der Waals surface area (Å²) in [6.07, 6.45) is 1.58. The molecule has 0 unspecified atom stereocenters. The van der Waals surface area contributed by atoms with Crippen molar-refractivity contribution < 1.29 is 12.8 Å². The summed E-state index contributed by atoms with van der Waals surface area (Å²) in [6, 6.07) is 9.97. The van der Waals surface area contributed by atoms with Crippen molar-refractivity contribution in [3.63, 3.8) is 0 Å². The average molecular weight is 373 g/mol. The second kappa shape index (κ2) is 6.74. The van der Waals surface area contributed by atoms with Crippen molar-refractivity contribution in [2.24, 2.45) is 0 Å². The van der Waals surface area contributed by atoms with Crippen LogP contribution in [0.15, 0.2) is 56.4 Å². The second-order valence-corrected chi connectivity index (χ2v) is 7.48. The van der Waals surface area contributed by atoms with Crippen molar-refractivity contribution in [2.45, 2.75) is 10.9 Å². The van der Waals surface area contributed by atoms with Gasteiger partial charge >= 0.3 is 0 Å². The minimum atomic E-state index is -3.54. The van der Waals surface area contributed by atoms with Gasteiger partial charge in [-0.3, -0.25) is 4.90 Å². The molecule has 0 aliphatic carbocycles. The molecule has 2 rings (SSSR count). The van der Waals surface area contributed by atoms with Gasteiger partial charge in [0.05, 0.1) is 17.2 Å². The van der Waals surface area contributed by atoms with E-state index in [2.05, 4.69) is 20.7 Å². The number of likely N-dealkylation sites (N-methyl/N-ethyl adjacent to an activating group) is 1. The fraction of sp³-hybridized carbons (Fsp3) is 0.286. The Morgan fingerprint density at radius 1 is 1.24 bits per heavy atom. The molecule has 0 aliphatic heterocycles. The molecular formula is C14H17BrN2O3S. The molecule has 0 bridgehead atoms. The summed E-state index contributed by atoms with van der Waals surface area (Å²) in [4.78, 5) is 2.14. The standard InChI is InChI=1S/C14H17BrN2O3S/c1-17(2)13(14-4-3-9-20-14)10-16-21(18,19)12-7-5-11(15)6-8-12/h3-9,13,16H,10H2,1-2H3/t13-/m1/s1. The lowest BCUT2D eigenvalue weighted by atomic mass is 10.2. The van der Waals surface area contributed by atoms with Crippen molar-refractivity contribution in [2.75, 3.05) is 20.6 Å². The van der Waals surface area contributed by atoms with Crippen LogP contribution in [0, 0.1) is 0 Å². The zero-order valence-electron chi connectivity index (χ0n) is 11.8. The summed E-state index contributed by atoms with van der Waals surface area (Å²) in [5.74, 6) is 0.721. The molecule has 1 aromatic heterocycles. The van der Waals surface area contributed by atoms with Crippen LogP contribution in [-0.4, -0.2) is 34.0 Å². The predicted octanol–water partition coefficient (Wildman–Crippen LogP) is 2.62. The number of sulfonamides is 1. The maximum Gasteiger partial charge on any atom is 0.240 e. The summed E-state index contributed by atoms with van der Waals surface area (Å²) in [7, 11) is 0.216. The number of nitrogens with zero attached hydrogens (tertiary/aromatic N) is 1. The van der Waals surface area contributed by atoms with Gasteiger partial charge in [0.15, 0.2) is 0 Å². The van der Waals surface area contributed by atoms with E-state index >= 15 is 0 Å². The van der Waals surface area contributed by atoms with Gasteiger partial charge in [0, 0.05) is 11.0 Å². The highest BCUT2D eigenvalue weighted by molar-refractivity contribution is 9.10. The topological polar surface area (TPSA) is 62.6 Å². The Kier molecular flexibility index (Phi) is 5.21. The van der Waals surface area contributed by atoms with Gasteiger partial charge in [0.25, 0.3) is 0 Å². The van der Waals surface area contributed by atoms with E-state index in [1.807, 2.05) is 25.1 Å². The normalized spacial score (nSPS) is 13.5. The van der Waals surface area contributed by atoms with E-state index < -0.39 is 10.0 Å². The van der Waals surface area contributed by atoms with Crippen LogP contribution >= 0.6 is 15.9 Å². The van der Waals surface area contributed by atoms with Gasteiger partial charge in [-0.15, -0.1) is 0 Å². The van der Waals surface area contributed by atoms with E-state index in [4.69, 9.17) is 4.42 Å². The van der Waals surface area contributed by atoms with Crippen LogP contribution in [0.1, 0.15) is 11.8 Å². The largest absolute Gasteiger partial charge is 0.468 e. The lowest BCUT2D eigenvalue weighted by Crippen LogP contribution is -2.34. The van der Waals surface area contributed by atoms with Crippen molar-refractivity contribution in [3.8, 4) is 0 Å². The molecule has 0 fully saturated rings. The summed E-state index contributed by atoms with van der Waals surface area (Å²) >= 11 is 3.29. The number of halogens is 1. The van der Waals surface area contributed by atoms with Gasteiger partial charge in [-0.25, -0.2) is 13.1 Å². The number of benzene rings is 1. The zero-order valence-corrected chi connectivity index (χ0v) is 14.2. The van der Waals surface area contributed by atoms with Crippen LogP contribution in [0.3, 0.4) is 0 Å². The SMILES string of the molecule is CN(C)[C@H](CNS(=O)(=O)c1ccc(Br)cc1)c1ccco1. The molecule has 0 aliphatic rings. The molecule has 0 amide bonds. The van der Waals surface area contributed by atoms with Gasteiger partial charge in [-0.2, -0.15) is 0 Å². The lowest BCUT2D eigenvalue weighted by Gasteiger charge is -2.22. The third-order valence-electron chi connectivity index (χ3n) is 3.09. The van der Waals surface area contributed by atoms with Crippen LogP contribution < -0.4 is 4.72 Å².